The summed E-state index contributed by atoms with van der Waals surface area (Å²) in [5.74, 6) is 0.0416. The maximum atomic E-state index is 11.2. The summed E-state index contributed by atoms with van der Waals surface area (Å²) in [4.78, 5) is 12.3. The average molecular weight is 269 g/mol. The first-order chi connectivity index (χ1) is 6.72. The normalized spacial score (nSPS) is 9.47. The van der Waals surface area contributed by atoms with Crippen molar-refractivity contribution in [2.75, 3.05) is 6.54 Å². The molecule has 3 N–H and O–H groups in total. The van der Waals surface area contributed by atoms with Gasteiger partial charge < -0.3 is 11.1 Å². The summed E-state index contributed by atoms with van der Waals surface area (Å²) in [6, 6.07) is 3.74. The van der Waals surface area contributed by atoms with Gasteiger partial charge in [0.1, 0.15) is 0 Å². The maximum absolute atomic E-state index is 11.2. The van der Waals surface area contributed by atoms with Crippen LogP contribution in [0.15, 0.2) is 12.1 Å². The van der Waals surface area contributed by atoms with E-state index in [4.69, 9.17) is 17.3 Å². The Morgan fingerprint density at radius 2 is 2.27 bits per heavy atom. The van der Waals surface area contributed by atoms with E-state index in [9.17, 15) is 4.79 Å². The van der Waals surface area contributed by atoms with Gasteiger partial charge in [0.05, 0.1) is 10.9 Å². The Bertz CT molecular complexity index is 304. The van der Waals surface area contributed by atoms with Crippen LogP contribution < -0.4 is 11.1 Å². The van der Waals surface area contributed by atoms with Crippen molar-refractivity contribution in [3.8, 4) is 0 Å². The van der Waals surface area contributed by atoms with Crippen LogP contribution in [-0.2, 0) is 11.3 Å². The number of amides is 1. The standard InChI is InChI=1S/C9H13ClN2OS.ClH/c10-8-4-3-7(14-8)6-12-9(13)2-1-5-11;/h3-4H,1-2,5-6,11H2,(H,12,13);1H. The molecule has 0 aliphatic rings. The Labute approximate surface area is 104 Å². The van der Waals surface area contributed by atoms with Crippen molar-refractivity contribution < 1.29 is 4.79 Å². The zero-order valence-corrected chi connectivity index (χ0v) is 10.6. The molecule has 0 spiro atoms. The quantitative estimate of drug-likeness (QED) is 0.860. The summed E-state index contributed by atoms with van der Waals surface area (Å²) in [6.07, 6.45) is 1.23. The van der Waals surface area contributed by atoms with Gasteiger partial charge in [0.15, 0.2) is 0 Å². The van der Waals surface area contributed by atoms with Crippen molar-refractivity contribution in [3.05, 3.63) is 21.3 Å². The lowest BCUT2D eigenvalue weighted by Gasteiger charge is -2.01. The van der Waals surface area contributed by atoms with Crippen LogP contribution in [0.1, 0.15) is 17.7 Å². The first-order valence-corrected chi connectivity index (χ1v) is 5.63. The number of hydrogen-bond donors (Lipinski definition) is 2. The van der Waals surface area contributed by atoms with E-state index in [0.717, 1.165) is 15.6 Å². The first kappa shape index (κ1) is 14.7. The molecule has 0 aromatic carbocycles. The molecule has 3 nitrogen and oxygen atoms in total. The molecule has 0 aliphatic carbocycles. The average Bonchev–Trinajstić information content (AvgIpc) is 2.58. The van der Waals surface area contributed by atoms with Crippen LogP contribution >= 0.6 is 35.3 Å². The monoisotopic (exact) mass is 268 g/mol. The maximum Gasteiger partial charge on any atom is 0.220 e. The topological polar surface area (TPSA) is 55.1 Å². The number of halogens is 2. The highest BCUT2D eigenvalue weighted by Gasteiger charge is 2.01. The molecule has 0 atom stereocenters. The van der Waals surface area contributed by atoms with Gasteiger partial charge in [-0.2, -0.15) is 0 Å². The van der Waals surface area contributed by atoms with Crippen molar-refractivity contribution in [2.24, 2.45) is 5.73 Å². The molecular weight excluding hydrogens is 255 g/mol. The van der Waals surface area contributed by atoms with Gasteiger partial charge in [-0.3, -0.25) is 4.79 Å². The Balaban J connectivity index is 0.00000196. The second-order valence-electron chi connectivity index (χ2n) is 2.87. The summed E-state index contributed by atoms with van der Waals surface area (Å²) in [5, 5.41) is 2.80. The van der Waals surface area contributed by atoms with Crippen LogP contribution in [0.4, 0.5) is 0 Å². The third-order valence-electron chi connectivity index (χ3n) is 1.70. The van der Waals surface area contributed by atoms with Gasteiger partial charge in [-0.05, 0) is 25.1 Å². The molecule has 15 heavy (non-hydrogen) atoms. The second kappa shape index (κ2) is 7.93. The summed E-state index contributed by atoms with van der Waals surface area (Å²) >= 11 is 7.23. The molecule has 1 rings (SSSR count). The molecule has 86 valence electrons. The number of hydrogen-bond acceptors (Lipinski definition) is 3. The molecule has 1 aromatic rings. The summed E-state index contributed by atoms with van der Waals surface area (Å²) in [6.45, 7) is 1.11. The van der Waals surface area contributed by atoms with Crippen LogP contribution in [0.2, 0.25) is 4.34 Å². The number of rotatable bonds is 5. The lowest BCUT2D eigenvalue weighted by Crippen LogP contribution is -2.22. The van der Waals surface area contributed by atoms with Gasteiger partial charge in [0.25, 0.3) is 0 Å². The third-order valence-corrected chi connectivity index (χ3v) is 2.93. The summed E-state index contributed by atoms with van der Waals surface area (Å²) in [7, 11) is 0. The van der Waals surface area contributed by atoms with Crippen molar-refractivity contribution in [2.45, 2.75) is 19.4 Å². The van der Waals surface area contributed by atoms with Gasteiger partial charge in [-0.1, -0.05) is 11.6 Å². The summed E-state index contributed by atoms with van der Waals surface area (Å²) in [5.41, 5.74) is 5.29. The Morgan fingerprint density at radius 1 is 1.53 bits per heavy atom. The zero-order chi connectivity index (χ0) is 10.4. The van der Waals surface area contributed by atoms with Crippen LogP contribution in [0, 0.1) is 0 Å². The van der Waals surface area contributed by atoms with E-state index in [2.05, 4.69) is 5.32 Å². The molecular formula is C9H14Cl2N2OS. The molecule has 1 aromatic heterocycles. The second-order valence-corrected chi connectivity index (χ2v) is 4.67. The molecule has 0 unspecified atom stereocenters. The van der Waals surface area contributed by atoms with E-state index >= 15 is 0 Å². The van der Waals surface area contributed by atoms with Crippen molar-refractivity contribution >= 4 is 41.3 Å². The Morgan fingerprint density at radius 3 is 2.80 bits per heavy atom. The van der Waals surface area contributed by atoms with Crippen LogP contribution in [0.25, 0.3) is 0 Å². The van der Waals surface area contributed by atoms with E-state index in [0.29, 0.717) is 19.5 Å². The van der Waals surface area contributed by atoms with Crippen LogP contribution in [0.3, 0.4) is 0 Å². The predicted octanol–water partition coefficient (Wildman–Crippen LogP) is 2.18. The summed E-state index contributed by atoms with van der Waals surface area (Å²) < 4.78 is 0.746. The lowest BCUT2D eigenvalue weighted by molar-refractivity contribution is -0.121. The minimum absolute atomic E-state index is 0. The van der Waals surface area contributed by atoms with Crippen LogP contribution in [0.5, 0.6) is 0 Å². The minimum atomic E-state index is 0. The first-order valence-electron chi connectivity index (χ1n) is 4.43. The van der Waals surface area contributed by atoms with E-state index in [1.54, 1.807) is 0 Å². The highest BCUT2D eigenvalue weighted by Crippen LogP contribution is 2.20. The SMILES string of the molecule is Cl.NCCCC(=O)NCc1ccc(Cl)s1. The smallest absolute Gasteiger partial charge is 0.220 e. The molecule has 0 radical (unpaired) electrons. The molecule has 1 heterocycles. The fraction of sp³-hybridized carbons (Fsp3) is 0.444. The fourth-order valence-corrected chi connectivity index (χ4v) is 2.01. The van der Waals surface area contributed by atoms with E-state index in [1.165, 1.54) is 11.3 Å². The number of nitrogens with one attached hydrogen (secondary N) is 1. The molecule has 0 saturated carbocycles. The zero-order valence-electron chi connectivity index (χ0n) is 8.16. The largest absolute Gasteiger partial charge is 0.351 e. The Hall–Kier alpha value is -0.290. The van der Waals surface area contributed by atoms with Crippen LogP contribution in [-0.4, -0.2) is 12.5 Å². The third kappa shape index (κ3) is 5.99. The molecule has 0 bridgehead atoms. The molecule has 0 saturated heterocycles. The minimum Gasteiger partial charge on any atom is -0.351 e. The van der Waals surface area contributed by atoms with Gasteiger partial charge in [-0.25, -0.2) is 0 Å². The number of thiophene rings is 1. The van der Waals surface area contributed by atoms with Gasteiger partial charge in [-0.15, -0.1) is 23.7 Å². The number of carbonyl (C=O) groups excluding carboxylic acids is 1. The Kier molecular flexibility index (Phi) is 7.78. The van der Waals surface area contributed by atoms with Gasteiger partial charge in [0.2, 0.25) is 5.91 Å². The number of nitrogens with two attached hydrogens (primary N) is 1. The molecule has 1 amide bonds. The van der Waals surface area contributed by atoms with Crippen molar-refractivity contribution in [1.29, 1.82) is 0 Å². The van der Waals surface area contributed by atoms with Gasteiger partial charge >= 0.3 is 0 Å². The molecule has 6 heteroatoms. The molecule has 0 fully saturated rings. The predicted molar refractivity (Wildman–Crippen MR) is 66.7 cm³/mol. The lowest BCUT2D eigenvalue weighted by atomic mass is 10.3. The molecule has 0 aliphatic heterocycles. The van der Waals surface area contributed by atoms with Crippen molar-refractivity contribution in [1.82, 2.24) is 5.32 Å². The fourth-order valence-electron chi connectivity index (χ4n) is 0.983. The van der Waals surface area contributed by atoms with E-state index in [1.807, 2.05) is 12.1 Å². The van der Waals surface area contributed by atoms with E-state index < -0.39 is 0 Å². The highest BCUT2D eigenvalue weighted by molar-refractivity contribution is 7.16. The van der Waals surface area contributed by atoms with E-state index in [-0.39, 0.29) is 18.3 Å². The highest BCUT2D eigenvalue weighted by atomic mass is 35.5. The van der Waals surface area contributed by atoms with Crippen molar-refractivity contribution in [3.63, 3.8) is 0 Å². The van der Waals surface area contributed by atoms with Gasteiger partial charge in [0, 0.05) is 11.3 Å². The number of carbonyl (C=O) groups is 1.